The zero-order chi connectivity index (χ0) is 24.0. The van der Waals surface area contributed by atoms with Crippen LogP contribution in [-0.2, 0) is 14.3 Å². The van der Waals surface area contributed by atoms with Gasteiger partial charge in [0.1, 0.15) is 5.70 Å². The zero-order valence-corrected chi connectivity index (χ0v) is 20.5. The van der Waals surface area contributed by atoms with Gasteiger partial charge in [-0.1, -0.05) is 66.7 Å². The molecule has 1 fully saturated rings. The third-order valence-corrected chi connectivity index (χ3v) is 8.22. The summed E-state index contributed by atoms with van der Waals surface area (Å²) in [6.07, 6.45) is 7.37. The van der Waals surface area contributed by atoms with Crippen molar-refractivity contribution in [3.05, 3.63) is 119 Å². The van der Waals surface area contributed by atoms with Crippen LogP contribution >= 0.6 is 23.5 Å². The summed E-state index contributed by atoms with van der Waals surface area (Å²) in [7, 11) is 0. The van der Waals surface area contributed by atoms with Gasteiger partial charge in [0.05, 0.1) is 11.8 Å². The van der Waals surface area contributed by atoms with Crippen molar-refractivity contribution in [1.29, 1.82) is 0 Å². The largest absolute Gasteiger partial charge is 0.448 e. The number of carbonyl (C=O) groups excluding carboxylic acids is 2. The summed E-state index contributed by atoms with van der Waals surface area (Å²) in [5.41, 5.74) is 3.16. The topological polar surface area (TPSA) is 59.5 Å². The highest BCUT2D eigenvalue weighted by molar-refractivity contribution is 8.05. The molecule has 0 radical (unpaired) electrons. The lowest BCUT2D eigenvalue weighted by atomic mass is 10.0. The predicted octanol–water partition coefficient (Wildman–Crippen LogP) is 5.68. The molecule has 2 atom stereocenters. The average Bonchev–Trinajstić information content (AvgIpc) is 2.90. The van der Waals surface area contributed by atoms with E-state index in [1.54, 1.807) is 34.6 Å². The molecule has 3 aromatic rings. The molecule has 0 saturated carbocycles. The van der Waals surface area contributed by atoms with Gasteiger partial charge >= 0.3 is 5.97 Å². The number of aromatic nitrogens is 1. The third-order valence-electron chi connectivity index (χ3n) is 5.78. The number of fused-ring (bicyclic) bond motifs is 1. The van der Waals surface area contributed by atoms with Crippen molar-refractivity contribution in [3.8, 4) is 0 Å². The van der Waals surface area contributed by atoms with Gasteiger partial charge in [-0.3, -0.25) is 14.7 Å². The number of nitrogens with zero attached hydrogens (tertiary/aromatic N) is 2. The Hall–Kier alpha value is -3.29. The Morgan fingerprint density at radius 3 is 2.43 bits per heavy atom. The number of thioether (sulfide) groups is 2. The van der Waals surface area contributed by atoms with Crippen molar-refractivity contribution in [3.63, 3.8) is 0 Å². The molecule has 0 N–H and O–H groups in total. The molecule has 3 heterocycles. The predicted molar refractivity (Wildman–Crippen MR) is 141 cm³/mol. The molecule has 5 nitrogen and oxygen atoms in total. The van der Waals surface area contributed by atoms with Crippen LogP contribution in [0.25, 0.3) is 6.08 Å². The van der Waals surface area contributed by atoms with Crippen LogP contribution in [-0.4, -0.2) is 38.1 Å². The molecule has 35 heavy (non-hydrogen) atoms. The summed E-state index contributed by atoms with van der Waals surface area (Å²) in [6, 6.07) is 23.3. The lowest BCUT2D eigenvalue weighted by Gasteiger charge is -2.45. The minimum absolute atomic E-state index is 0.0187. The van der Waals surface area contributed by atoms with E-state index in [2.05, 4.69) is 4.98 Å². The zero-order valence-electron chi connectivity index (χ0n) is 18.9. The first-order valence-corrected chi connectivity index (χ1v) is 13.4. The molecule has 1 saturated heterocycles. The average molecular weight is 501 g/mol. The van der Waals surface area contributed by atoms with E-state index in [4.69, 9.17) is 4.74 Å². The Morgan fingerprint density at radius 1 is 1.09 bits per heavy atom. The fourth-order valence-electron chi connectivity index (χ4n) is 4.04. The summed E-state index contributed by atoms with van der Waals surface area (Å²) in [5, 5.41) is 2.12. The molecule has 1 aromatic heterocycles. The summed E-state index contributed by atoms with van der Waals surface area (Å²) in [6.45, 7) is 0. The van der Waals surface area contributed by atoms with E-state index in [9.17, 15) is 9.59 Å². The van der Waals surface area contributed by atoms with E-state index < -0.39 is 12.1 Å². The van der Waals surface area contributed by atoms with Gasteiger partial charge in [0, 0.05) is 23.4 Å². The highest BCUT2D eigenvalue weighted by Gasteiger charge is 2.46. The minimum Gasteiger partial charge on any atom is -0.448 e. The second-order valence-corrected chi connectivity index (χ2v) is 10.5. The first-order valence-electron chi connectivity index (χ1n) is 11.4. The Kier molecular flexibility index (Phi) is 7.35. The molecule has 0 spiro atoms. The lowest BCUT2D eigenvalue weighted by Crippen LogP contribution is -2.54. The van der Waals surface area contributed by atoms with Crippen molar-refractivity contribution in [2.75, 3.05) is 5.75 Å². The Labute approximate surface area is 213 Å². The van der Waals surface area contributed by atoms with Crippen molar-refractivity contribution in [1.82, 2.24) is 9.88 Å². The molecule has 0 aliphatic carbocycles. The Morgan fingerprint density at radius 2 is 1.80 bits per heavy atom. The summed E-state index contributed by atoms with van der Waals surface area (Å²) in [5.74, 6) is 0.281. The quantitative estimate of drug-likeness (QED) is 0.293. The SMILES string of the molecule is O=C(OC(c1ccccc1)c1ccccc1)C1=CC(CS/C=C\c2cccnc2)S[C@@H]2CC(=O)N12. The van der Waals surface area contributed by atoms with Crippen LogP contribution in [0.15, 0.2) is 102 Å². The van der Waals surface area contributed by atoms with E-state index in [-0.39, 0.29) is 16.5 Å². The maximum Gasteiger partial charge on any atom is 0.355 e. The molecule has 2 aliphatic heterocycles. The monoisotopic (exact) mass is 500 g/mol. The fourth-order valence-corrected chi connectivity index (χ4v) is 6.44. The molecular formula is C28H24N2O3S2. The maximum atomic E-state index is 13.4. The van der Waals surface area contributed by atoms with Crippen molar-refractivity contribution in [2.24, 2.45) is 0 Å². The third kappa shape index (κ3) is 5.52. The normalized spacial score (nSPS) is 19.3. The smallest absolute Gasteiger partial charge is 0.355 e. The van der Waals surface area contributed by atoms with Crippen molar-refractivity contribution in [2.45, 2.75) is 23.1 Å². The fraction of sp³-hybridized carbons (Fsp3) is 0.179. The minimum atomic E-state index is -0.551. The van der Waals surface area contributed by atoms with Crippen LogP contribution in [0.5, 0.6) is 0 Å². The summed E-state index contributed by atoms with van der Waals surface area (Å²) >= 11 is 3.39. The van der Waals surface area contributed by atoms with Gasteiger partial charge in [-0.15, -0.1) is 23.5 Å². The second kappa shape index (κ2) is 11.0. The van der Waals surface area contributed by atoms with Crippen LogP contribution in [0.4, 0.5) is 0 Å². The maximum absolute atomic E-state index is 13.4. The Balaban J connectivity index is 1.33. The van der Waals surface area contributed by atoms with Crippen LogP contribution in [0.2, 0.25) is 0 Å². The number of carbonyl (C=O) groups is 2. The van der Waals surface area contributed by atoms with Crippen LogP contribution in [0.3, 0.4) is 0 Å². The van der Waals surface area contributed by atoms with E-state index in [0.717, 1.165) is 22.4 Å². The van der Waals surface area contributed by atoms with Crippen LogP contribution in [0.1, 0.15) is 29.2 Å². The molecule has 1 amide bonds. The highest BCUT2D eigenvalue weighted by Crippen LogP contribution is 2.42. The van der Waals surface area contributed by atoms with Crippen molar-refractivity contribution < 1.29 is 14.3 Å². The van der Waals surface area contributed by atoms with E-state index in [1.807, 2.05) is 96.6 Å². The Bertz CT molecular complexity index is 1190. The number of hydrogen-bond donors (Lipinski definition) is 0. The number of β-lactam (4-membered cyclic amide) rings is 1. The first-order chi connectivity index (χ1) is 17.2. The van der Waals surface area contributed by atoms with Gasteiger partial charge in [0.15, 0.2) is 6.10 Å². The number of benzene rings is 2. The van der Waals surface area contributed by atoms with Crippen LogP contribution < -0.4 is 0 Å². The van der Waals surface area contributed by atoms with Crippen molar-refractivity contribution >= 4 is 41.5 Å². The molecule has 5 rings (SSSR count). The van der Waals surface area contributed by atoms with E-state index in [1.165, 1.54) is 0 Å². The van der Waals surface area contributed by atoms with Gasteiger partial charge in [-0.25, -0.2) is 4.79 Å². The van der Waals surface area contributed by atoms with Gasteiger partial charge in [0.2, 0.25) is 5.91 Å². The highest BCUT2D eigenvalue weighted by atomic mass is 32.2. The van der Waals surface area contributed by atoms with Gasteiger partial charge in [0.25, 0.3) is 0 Å². The van der Waals surface area contributed by atoms with Gasteiger partial charge < -0.3 is 4.74 Å². The van der Waals surface area contributed by atoms with Crippen LogP contribution in [0, 0.1) is 0 Å². The molecule has 7 heteroatoms. The molecular weight excluding hydrogens is 476 g/mol. The number of amides is 1. The molecule has 2 aliphatic rings. The molecule has 1 unspecified atom stereocenters. The number of pyridine rings is 1. The first kappa shape index (κ1) is 23.5. The number of esters is 1. The number of hydrogen-bond acceptors (Lipinski definition) is 6. The summed E-state index contributed by atoms with van der Waals surface area (Å²) < 4.78 is 6.06. The van der Waals surface area contributed by atoms with E-state index >= 15 is 0 Å². The number of ether oxygens (including phenoxy) is 1. The molecule has 176 valence electrons. The van der Waals surface area contributed by atoms with Gasteiger partial charge in [-0.05, 0) is 40.3 Å². The number of rotatable bonds is 8. The standard InChI is InChI=1S/C28H24N2O3S2/c31-25-17-26-30(25)24(16-23(35-26)19-34-15-13-20-8-7-14-29-18-20)28(32)33-27(21-9-3-1-4-10-21)22-11-5-2-6-12-22/h1-16,18,23,26-27H,17,19H2/b15-13-/t23?,26-/m1/s1. The molecule has 2 aromatic carbocycles. The van der Waals surface area contributed by atoms with Gasteiger partial charge in [-0.2, -0.15) is 0 Å². The summed E-state index contributed by atoms with van der Waals surface area (Å²) in [4.78, 5) is 31.5. The molecule has 0 bridgehead atoms. The van der Waals surface area contributed by atoms with E-state index in [0.29, 0.717) is 12.1 Å². The second-order valence-electron chi connectivity index (χ2n) is 8.18. The lowest BCUT2D eigenvalue weighted by molar-refractivity contribution is -0.151.